The number of halogens is 1. The summed E-state index contributed by atoms with van der Waals surface area (Å²) in [6.07, 6.45) is 0. The third kappa shape index (κ3) is 1.69. The van der Waals surface area contributed by atoms with Crippen LogP contribution in [0.5, 0.6) is 11.5 Å². The van der Waals surface area contributed by atoms with Crippen molar-refractivity contribution in [3.05, 3.63) is 42.2 Å². The maximum Gasteiger partial charge on any atom is 0.167 e. The first-order valence-electron chi connectivity index (χ1n) is 5.22. The summed E-state index contributed by atoms with van der Waals surface area (Å²) < 4.78 is 13.9. The second-order valence-electron chi connectivity index (χ2n) is 3.80. The number of hydrogen-bond acceptors (Lipinski definition) is 4. The summed E-state index contributed by atoms with van der Waals surface area (Å²) in [4.78, 5) is 4.25. The first kappa shape index (κ1) is 11.0. The molecule has 5 heteroatoms. The van der Waals surface area contributed by atoms with E-state index in [0.29, 0.717) is 16.1 Å². The quantitative estimate of drug-likeness (QED) is 0.659. The molecule has 1 aromatic heterocycles. The Kier molecular flexibility index (Phi) is 2.41. The van der Waals surface area contributed by atoms with Crippen molar-refractivity contribution in [1.29, 1.82) is 0 Å². The molecule has 0 aliphatic carbocycles. The smallest absolute Gasteiger partial charge is 0.167 e. The minimum absolute atomic E-state index is 0.196. The Morgan fingerprint density at radius 1 is 1.11 bits per heavy atom. The van der Waals surface area contributed by atoms with E-state index in [4.69, 9.17) is 0 Å². The van der Waals surface area contributed by atoms with Gasteiger partial charge in [-0.1, -0.05) is 6.07 Å². The second-order valence-corrected chi connectivity index (χ2v) is 4.84. The molecule has 0 atom stereocenters. The van der Waals surface area contributed by atoms with Gasteiger partial charge < -0.3 is 10.2 Å². The molecule has 3 rings (SSSR count). The van der Waals surface area contributed by atoms with E-state index in [1.807, 2.05) is 0 Å². The Hall–Kier alpha value is -2.14. The van der Waals surface area contributed by atoms with E-state index in [2.05, 4.69) is 4.98 Å². The zero-order valence-corrected chi connectivity index (χ0v) is 9.91. The van der Waals surface area contributed by atoms with Crippen LogP contribution in [0.1, 0.15) is 0 Å². The lowest BCUT2D eigenvalue weighted by molar-refractivity contribution is 0.405. The van der Waals surface area contributed by atoms with Gasteiger partial charge in [-0.3, -0.25) is 0 Å². The van der Waals surface area contributed by atoms with E-state index in [1.165, 1.54) is 29.5 Å². The van der Waals surface area contributed by atoms with Gasteiger partial charge in [-0.2, -0.15) is 0 Å². The minimum atomic E-state index is -0.348. The summed E-state index contributed by atoms with van der Waals surface area (Å²) in [6, 6.07) is 9.03. The number of nitrogens with zero attached hydrogens (tertiary/aromatic N) is 1. The monoisotopic (exact) mass is 261 g/mol. The zero-order valence-electron chi connectivity index (χ0n) is 9.09. The highest BCUT2D eigenvalue weighted by atomic mass is 32.1. The minimum Gasteiger partial charge on any atom is -0.504 e. The summed E-state index contributed by atoms with van der Waals surface area (Å²) in [5.74, 6) is -0.755. The van der Waals surface area contributed by atoms with E-state index in [9.17, 15) is 14.6 Å². The number of benzene rings is 2. The number of thiazole rings is 1. The maximum absolute atomic E-state index is 13.1. The van der Waals surface area contributed by atoms with Gasteiger partial charge in [-0.25, -0.2) is 9.37 Å². The SMILES string of the molecule is Oc1cccc(-c2nc3cc(F)ccc3s2)c1O. The Balaban J connectivity index is 2.22. The van der Waals surface area contributed by atoms with Crippen LogP contribution in [-0.4, -0.2) is 15.2 Å². The number of rotatable bonds is 1. The zero-order chi connectivity index (χ0) is 12.7. The number of fused-ring (bicyclic) bond motifs is 1. The fourth-order valence-corrected chi connectivity index (χ4v) is 2.69. The van der Waals surface area contributed by atoms with E-state index < -0.39 is 0 Å². The van der Waals surface area contributed by atoms with Crippen molar-refractivity contribution in [1.82, 2.24) is 4.98 Å². The van der Waals surface area contributed by atoms with Crippen molar-refractivity contribution in [2.75, 3.05) is 0 Å². The molecule has 3 nitrogen and oxygen atoms in total. The standard InChI is InChI=1S/C13H8FNO2S/c14-7-4-5-11-9(6-7)15-13(18-11)8-2-1-3-10(16)12(8)17/h1-6,16-17H. The van der Waals surface area contributed by atoms with Crippen molar-refractivity contribution in [3.8, 4) is 22.1 Å². The van der Waals surface area contributed by atoms with Crippen LogP contribution in [-0.2, 0) is 0 Å². The highest BCUT2D eigenvalue weighted by Gasteiger charge is 2.13. The number of aromatic hydroxyl groups is 2. The van der Waals surface area contributed by atoms with Crippen LogP contribution in [0, 0.1) is 5.82 Å². The molecule has 0 saturated carbocycles. The third-order valence-corrected chi connectivity index (χ3v) is 3.66. The van der Waals surface area contributed by atoms with Crippen molar-refractivity contribution in [3.63, 3.8) is 0 Å². The van der Waals surface area contributed by atoms with E-state index in [1.54, 1.807) is 18.2 Å². The summed E-state index contributed by atoms with van der Waals surface area (Å²) in [7, 11) is 0. The number of hydrogen-bond donors (Lipinski definition) is 2. The summed E-state index contributed by atoms with van der Waals surface area (Å²) in [5.41, 5.74) is 0.981. The van der Waals surface area contributed by atoms with Crippen LogP contribution in [0.4, 0.5) is 4.39 Å². The first-order valence-corrected chi connectivity index (χ1v) is 6.04. The predicted molar refractivity (Wildman–Crippen MR) is 68.3 cm³/mol. The molecule has 18 heavy (non-hydrogen) atoms. The highest BCUT2D eigenvalue weighted by Crippen LogP contribution is 2.39. The molecule has 90 valence electrons. The van der Waals surface area contributed by atoms with Crippen LogP contribution in [0.2, 0.25) is 0 Å². The number of phenols is 2. The van der Waals surface area contributed by atoms with Gasteiger partial charge in [0.15, 0.2) is 11.5 Å². The van der Waals surface area contributed by atoms with Crippen molar-refractivity contribution in [2.24, 2.45) is 0 Å². The average Bonchev–Trinajstić information content (AvgIpc) is 2.75. The van der Waals surface area contributed by atoms with E-state index >= 15 is 0 Å². The lowest BCUT2D eigenvalue weighted by atomic mass is 10.2. The van der Waals surface area contributed by atoms with Crippen LogP contribution >= 0.6 is 11.3 Å². The molecule has 0 radical (unpaired) electrons. The molecule has 3 aromatic rings. The van der Waals surface area contributed by atoms with Crippen molar-refractivity contribution in [2.45, 2.75) is 0 Å². The third-order valence-electron chi connectivity index (χ3n) is 2.59. The Morgan fingerprint density at radius 2 is 1.94 bits per heavy atom. The van der Waals surface area contributed by atoms with Gasteiger partial charge in [-0.05, 0) is 24.3 Å². The summed E-state index contributed by atoms with van der Waals surface area (Å²) in [5, 5.41) is 19.8. The molecule has 0 aliphatic heterocycles. The van der Waals surface area contributed by atoms with Crippen molar-refractivity contribution >= 4 is 21.6 Å². The van der Waals surface area contributed by atoms with E-state index in [-0.39, 0.29) is 17.3 Å². The van der Waals surface area contributed by atoms with Crippen LogP contribution in [0.25, 0.3) is 20.8 Å². The predicted octanol–water partition coefficient (Wildman–Crippen LogP) is 3.51. The average molecular weight is 261 g/mol. The second kappa shape index (κ2) is 3.96. The summed E-state index contributed by atoms with van der Waals surface area (Å²) >= 11 is 1.33. The van der Waals surface area contributed by atoms with Crippen LogP contribution in [0.3, 0.4) is 0 Å². The molecule has 0 saturated heterocycles. The molecule has 0 unspecified atom stereocenters. The maximum atomic E-state index is 13.1. The van der Waals surface area contributed by atoms with Crippen LogP contribution in [0.15, 0.2) is 36.4 Å². The van der Waals surface area contributed by atoms with Gasteiger partial charge >= 0.3 is 0 Å². The Labute approximate surface area is 106 Å². The molecule has 0 amide bonds. The number of aromatic nitrogens is 1. The highest BCUT2D eigenvalue weighted by molar-refractivity contribution is 7.21. The van der Waals surface area contributed by atoms with Crippen LogP contribution < -0.4 is 0 Å². The molecule has 0 aliphatic rings. The molecular weight excluding hydrogens is 253 g/mol. The lowest BCUT2D eigenvalue weighted by Crippen LogP contribution is -1.78. The van der Waals surface area contributed by atoms with Gasteiger partial charge in [0, 0.05) is 6.07 Å². The molecule has 0 bridgehead atoms. The largest absolute Gasteiger partial charge is 0.504 e. The molecule has 1 heterocycles. The fourth-order valence-electron chi connectivity index (χ4n) is 1.72. The van der Waals surface area contributed by atoms with Gasteiger partial charge in [0.25, 0.3) is 0 Å². The summed E-state index contributed by atoms with van der Waals surface area (Å²) in [6.45, 7) is 0. The molecule has 0 spiro atoms. The Bertz CT molecular complexity index is 739. The number of phenolic OH excluding ortho intramolecular Hbond substituents is 2. The van der Waals surface area contributed by atoms with Gasteiger partial charge in [0.05, 0.1) is 15.8 Å². The van der Waals surface area contributed by atoms with Crippen molar-refractivity contribution < 1.29 is 14.6 Å². The Morgan fingerprint density at radius 3 is 2.78 bits per heavy atom. The lowest BCUT2D eigenvalue weighted by Gasteiger charge is -2.01. The molecule has 0 fully saturated rings. The van der Waals surface area contributed by atoms with E-state index in [0.717, 1.165) is 4.70 Å². The normalized spacial score (nSPS) is 10.9. The molecular formula is C13H8FNO2S. The van der Waals surface area contributed by atoms with Gasteiger partial charge in [0.1, 0.15) is 10.8 Å². The fraction of sp³-hybridized carbons (Fsp3) is 0. The van der Waals surface area contributed by atoms with Gasteiger partial charge in [0.2, 0.25) is 0 Å². The molecule has 2 aromatic carbocycles. The molecule has 2 N–H and O–H groups in total. The number of para-hydroxylation sites is 1. The first-order chi connectivity index (χ1) is 8.65. The van der Waals surface area contributed by atoms with Gasteiger partial charge in [-0.15, -0.1) is 11.3 Å². The topological polar surface area (TPSA) is 53.4 Å².